The normalized spacial score (nSPS) is 46.0. The quantitative estimate of drug-likeness (QED) is 0.432. The molecule has 2 fully saturated rings. The average Bonchev–Trinajstić information content (AvgIpc) is 3.07. The zero-order valence-electron chi connectivity index (χ0n) is 19.3. The molecule has 8 nitrogen and oxygen atoms in total. The largest absolute Gasteiger partial charge is 0.458 e. The van der Waals surface area contributed by atoms with Crippen molar-refractivity contribution in [3.63, 3.8) is 0 Å². The lowest BCUT2D eigenvalue weighted by atomic mass is 9.59. The number of rotatable bonds is 3. The molecule has 0 radical (unpaired) electrons. The lowest BCUT2D eigenvalue weighted by Crippen LogP contribution is -2.66. The van der Waals surface area contributed by atoms with E-state index >= 15 is 0 Å². The summed E-state index contributed by atoms with van der Waals surface area (Å²) in [5, 5.41) is 33.6. The lowest BCUT2D eigenvalue weighted by Gasteiger charge is -2.49. The SMILES string of the molecule is CC(=O)O[C@H]1C(C)=C[C@]23C(=O)[C@@H](C=C(CO)[C@@H](O)[C@]12O)[C@@H]1C(C)(C)[C@]1(OC(C)=O)C[C@H]3C. The van der Waals surface area contributed by atoms with E-state index in [4.69, 9.17) is 9.47 Å². The first kappa shape index (κ1) is 23.1. The van der Waals surface area contributed by atoms with Gasteiger partial charge in [0, 0.05) is 31.1 Å². The van der Waals surface area contributed by atoms with Gasteiger partial charge in [-0.3, -0.25) is 14.4 Å². The molecular weight excluding hydrogens is 416 g/mol. The van der Waals surface area contributed by atoms with Gasteiger partial charge < -0.3 is 24.8 Å². The Labute approximate surface area is 187 Å². The third-order valence-electron chi connectivity index (χ3n) is 8.63. The van der Waals surface area contributed by atoms with Crippen LogP contribution >= 0.6 is 0 Å². The van der Waals surface area contributed by atoms with Gasteiger partial charge in [0.25, 0.3) is 0 Å². The fourth-order valence-corrected chi connectivity index (χ4v) is 7.32. The Morgan fingerprint density at radius 3 is 2.38 bits per heavy atom. The van der Waals surface area contributed by atoms with Gasteiger partial charge in [0.15, 0.2) is 17.5 Å². The summed E-state index contributed by atoms with van der Waals surface area (Å²) in [6.45, 7) is 9.26. The molecule has 3 N–H and O–H groups in total. The maximum Gasteiger partial charge on any atom is 0.303 e. The maximum atomic E-state index is 14.3. The molecule has 4 aliphatic rings. The Morgan fingerprint density at radius 1 is 1.22 bits per heavy atom. The third kappa shape index (κ3) is 2.46. The molecular formula is C24H32O8. The highest BCUT2D eigenvalue weighted by Gasteiger charge is 2.83. The number of hydrogen-bond acceptors (Lipinski definition) is 8. The van der Waals surface area contributed by atoms with Gasteiger partial charge in [-0.25, -0.2) is 0 Å². The van der Waals surface area contributed by atoms with Crippen LogP contribution in [0.4, 0.5) is 0 Å². The molecule has 0 aromatic heterocycles. The number of allylic oxidation sites excluding steroid dienone is 1. The van der Waals surface area contributed by atoms with E-state index in [1.807, 2.05) is 13.8 Å². The molecule has 1 spiro atoms. The van der Waals surface area contributed by atoms with Crippen LogP contribution < -0.4 is 0 Å². The Bertz CT molecular complexity index is 963. The van der Waals surface area contributed by atoms with Crippen LogP contribution in [0.5, 0.6) is 0 Å². The number of Topliss-reactive ketones (excluding diaryl/α,β-unsaturated/α-hetero) is 1. The summed E-state index contributed by atoms with van der Waals surface area (Å²) in [6, 6.07) is 0. The second-order valence-electron chi connectivity index (χ2n) is 10.6. The van der Waals surface area contributed by atoms with E-state index in [2.05, 4.69) is 0 Å². The van der Waals surface area contributed by atoms with E-state index in [-0.39, 0.29) is 17.3 Å². The predicted molar refractivity (Wildman–Crippen MR) is 112 cm³/mol. The van der Waals surface area contributed by atoms with Gasteiger partial charge >= 0.3 is 11.9 Å². The zero-order valence-corrected chi connectivity index (χ0v) is 19.3. The summed E-state index contributed by atoms with van der Waals surface area (Å²) in [4.78, 5) is 38.2. The molecule has 0 aliphatic heterocycles. The topological polar surface area (TPSA) is 130 Å². The van der Waals surface area contributed by atoms with Gasteiger partial charge in [-0.1, -0.05) is 32.9 Å². The molecule has 4 aliphatic carbocycles. The minimum absolute atomic E-state index is 0.0847. The van der Waals surface area contributed by atoms with Crippen LogP contribution in [-0.2, 0) is 23.9 Å². The second-order valence-corrected chi connectivity index (χ2v) is 10.6. The Balaban J connectivity index is 1.99. The van der Waals surface area contributed by atoms with E-state index in [9.17, 15) is 29.7 Å². The van der Waals surface area contributed by atoms with E-state index in [0.717, 1.165) is 0 Å². The molecule has 0 saturated heterocycles. The molecule has 0 amide bonds. The molecule has 0 aromatic rings. The number of ether oxygens (including phenoxy) is 2. The maximum absolute atomic E-state index is 14.3. The van der Waals surface area contributed by atoms with E-state index < -0.39 is 64.6 Å². The predicted octanol–water partition coefficient (Wildman–Crippen LogP) is 1.07. The van der Waals surface area contributed by atoms with Crippen molar-refractivity contribution in [2.75, 3.05) is 6.61 Å². The molecule has 0 unspecified atom stereocenters. The molecule has 176 valence electrons. The molecule has 8 heteroatoms. The first-order valence-corrected chi connectivity index (χ1v) is 11.0. The molecule has 2 bridgehead atoms. The number of aliphatic hydroxyl groups is 3. The van der Waals surface area contributed by atoms with Crippen molar-refractivity contribution < 1.29 is 39.2 Å². The highest BCUT2D eigenvalue weighted by atomic mass is 16.6. The molecule has 8 atom stereocenters. The Kier molecular flexibility index (Phi) is 4.88. The lowest BCUT2D eigenvalue weighted by molar-refractivity contribution is -0.203. The van der Waals surface area contributed by atoms with Crippen LogP contribution in [0, 0.1) is 28.6 Å². The smallest absolute Gasteiger partial charge is 0.303 e. The minimum atomic E-state index is -2.21. The summed E-state index contributed by atoms with van der Waals surface area (Å²) in [6.07, 6.45) is 0.541. The number of hydrogen-bond donors (Lipinski definition) is 3. The number of ketones is 1. The van der Waals surface area contributed by atoms with Crippen molar-refractivity contribution >= 4 is 17.7 Å². The number of fused-ring (bicyclic) bond motifs is 3. The standard InChI is InChI=1S/C24H32O8/c1-11-8-22-12(2)9-23(32-14(4)27)17(21(23,5)6)16(19(22)29)7-15(10-25)18(28)24(22,30)20(11)31-13(3)26/h7-8,12,16-18,20,25,28,30H,9-10H2,1-6H3/t12-,16+,17-,18-,20+,22+,23+,24+/m1/s1. The Morgan fingerprint density at radius 2 is 1.84 bits per heavy atom. The summed E-state index contributed by atoms with van der Waals surface area (Å²) >= 11 is 0. The third-order valence-corrected chi connectivity index (χ3v) is 8.63. The van der Waals surface area contributed by atoms with Crippen molar-refractivity contribution in [1.82, 2.24) is 0 Å². The van der Waals surface area contributed by atoms with Gasteiger partial charge in [-0.05, 0) is 30.4 Å². The number of aliphatic hydroxyl groups excluding tert-OH is 2. The van der Waals surface area contributed by atoms with Gasteiger partial charge in [0.05, 0.1) is 12.0 Å². The van der Waals surface area contributed by atoms with Crippen molar-refractivity contribution in [1.29, 1.82) is 0 Å². The number of carbonyl (C=O) groups is 3. The first-order chi connectivity index (χ1) is 14.7. The second kappa shape index (κ2) is 6.74. The zero-order chi connectivity index (χ0) is 24.0. The fourth-order valence-electron chi connectivity index (χ4n) is 7.32. The first-order valence-electron chi connectivity index (χ1n) is 11.0. The van der Waals surface area contributed by atoms with Crippen LogP contribution in [0.3, 0.4) is 0 Å². The highest BCUT2D eigenvalue weighted by Crippen LogP contribution is 2.75. The molecule has 4 rings (SSSR count). The summed E-state index contributed by atoms with van der Waals surface area (Å²) in [7, 11) is 0. The van der Waals surface area contributed by atoms with Crippen LogP contribution in [0.2, 0.25) is 0 Å². The van der Waals surface area contributed by atoms with E-state index in [1.54, 1.807) is 19.9 Å². The summed E-state index contributed by atoms with van der Waals surface area (Å²) < 4.78 is 11.3. The number of esters is 2. The van der Waals surface area contributed by atoms with Gasteiger partial charge in [0.1, 0.15) is 11.7 Å². The molecule has 32 heavy (non-hydrogen) atoms. The van der Waals surface area contributed by atoms with Gasteiger partial charge in [0.2, 0.25) is 0 Å². The fraction of sp³-hybridized carbons (Fsp3) is 0.708. The van der Waals surface area contributed by atoms with Gasteiger partial charge in [-0.2, -0.15) is 0 Å². The Hall–Kier alpha value is -2.03. The highest BCUT2D eigenvalue weighted by molar-refractivity contribution is 5.96. The summed E-state index contributed by atoms with van der Waals surface area (Å²) in [5.74, 6) is -3.20. The average molecular weight is 449 g/mol. The molecule has 0 heterocycles. The van der Waals surface area contributed by atoms with Crippen molar-refractivity contribution in [2.24, 2.45) is 28.6 Å². The van der Waals surface area contributed by atoms with E-state index in [1.165, 1.54) is 19.9 Å². The molecule has 0 aromatic carbocycles. The van der Waals surface area contributed by atoms with Crippen LogP contribution in [0.25, 0.3) is 0 Å². The summed E-state index contributed by atoms with van der Waals surface area (Å²) in [5.41, 5.74) is -4.71. The van der Waals surface area contributed by atoms with Crippen molar-refractivity contribution in [3.05, 3.63) is 23.3 Å². The minimum Gasteiger partial charge on any atom is -0.458 e. The van der Waals surface area contributed by atoms with E-state index in [0.29, 0.717) is 12.0 Å². The molecule has 2 saturated carbocycles. The monoisotopic (exact) mass is 448 g/mol. The number of carbonyl (C=O) groups excluding carboxylic acids is 3. The van der Waals surface area contributed by atoms with Crippen molar-refractivity contribution in [3.8, 4) is 0 Å². The van der Waals surface area contributed by atoms with Crippen LogP contribution in [0.1, 0.15) is 48.0 Å². The van der Waals surface area contributed by atoms with Crippen molar-refractivity contribution in [2.45, 2.75) is 71.4 Å². The van der Waals surface area contributed by atoms with Crippen LogP contribution in [-0.4, -0.2) is 63.1 Å². The van der Waals surface area contributed by atoms with Gasteiger partial charge in [-0.15, -0.1) is 0 Å². The van der Waals surface area contributed by atoms with Crippen LogP contribution in [0.15, 0.2) is 23.3 Å².